The lowest BCUT2D eigenvalue weighted by atomic mass is 10.1. The van der Waals surface area contributed by atoms with Crippen molar-refractivity contribution < 1.29 is 24.2 Å². The Kier molecular flexibility index (Phi) is 4.79. The standard InChI is InChI=1S/C17H11N3O7/c21-17(26-14-7-5-13(6-8-14)20(24)25)16-10-9-15(18-27-16)11-1-3-12(4-2-11)19(22)23/h1-10,18H. The molecule has 0 bridgehead atoms. The van der Waals surface area contributed by atoms with Crippen molar-refractivity contribution in [1.82, 2.24) is 5.48 Å². The van der Waals surface area contributed by atoms with Gasteiger partial charge in [0.25, 0.3) is 11.4 Å². The summed E-state index contributed by atoms with van der Waals surface area (Å²) in [4.78, 5) is 37.4. The van der Waals surface area contributed by atoms with Gasteiger partial charge >= 0.3 is 5.97 Å². The molecule has 0 saturated heterocycles. The number of hydroxylamine groups is 1. The molecule has 1 heterocycles. The van der Waals surface area contributed by atoms with Crippen LogP contribution in [0.15, 0.2) is 66.4 Å². The first kappa shape index (κ1) is 17.6. The third-order valence-corrected chi connectivity index (χ3v) is 3.52. The smallest absolute Gasteiger partial charge is 0.382 e. The van der Waals surface area contributed by atoms with Gasteiger partial charge in [0.2, 0.25) is 5.76 Å². The molecule has 2 aromatic rings. The van der Waals surface area contributed by atoms with Crippen LogP contribution in [0.4, 0.5) is 11.4 Å². The summed E-state index contributed by atoms with van der Waals surface area (Å²) >= 11 is 0. The first-order valence-corrected chi connectivity index (χ1v) is 7.50. The number of nitro groups is 2. The Morgan fingerprint density at radius 2 is 1.44 bits per heavy atom. The quantitative estimate of drug-likeness (QED) is 0.368. The van der Waals surface area contributed by atoms with Gasteiger partial charge < -0.3 is 9.57 Å². The summed E-state index contributed by atoms with van der Waals surface area (Å²) in [7, 11) is 0. The van der Waals surface area contributed by atoms with Gasteiger partial charge in [-0.3, -0.25) is 20.2 Å². The number of carbonyl (C=O) groups is 1. The van der Waals surface area contributed by atoms with Gasteiger partial charge in [-0.05, 0) is 36.4 Å². The fourth-order valence-electron chi connectivity index (χ4n) is 2.16. The maximum Gasteiger partial charge on any atom is 0.382 e. The van der Waals surface area contributed by atoms with E-state index in [-0.39, 0.29) is 22.9 Å². The van der Waals surface area contributed by atoms with E-state index >= 15 is 0 Å². The first-order chi connectivity index (χ1) is 12.9. The molecule has 136 valence electrons. The van der Waals surface area contributed by atoms with Gasteiger partial charge in [-0.2, -0.15) is 0 Å². The first-order valence-electron chi connectivity index (χ1n) is 7.50. The minimum atomic E-state index is -0.796. The highest BCUT2D eigenvalue weighted by atomic mass is 16.7. The molecule has 0 unspecified atom stereocenters. The minimum Gasteiger partial charge on any atom is -0.421 e. The van der Waals surface area contributed by atoms with Crippen LogP contribution in [0.25, 0.3) is 5.70 Å². The van der Waals surface area contributed by atoms with Crippen LogP contribution in [0.5, 0.6) is 5.75 Å². The number of benzene rings is 2. The minimum absolute atomic E-state index is 0.0426. The summed E-state index contributed by atoms with van der Waals surface area (Å²) in [5.74, 6) is -0.797. The summed E-state index contributed by atoms with van der Waals surface area (Å²) in [5.41, 5.74) is 3.51. The van der Waals surface area contributed by atoms with Crippen LogP contribution >= 0.6 is 0 Å². The molecule has 0 spiro atoms. The number of nitrogens with one attached hydrogen (secondary N) is 1. The zero-order valence-electron chi connectivity index (χ0n) is 13.5. The van der Waals surface area contributed by atoms with E-state index in [1.54, 1.807) is 6.08 Å². The Hall–Kier alpha value is -4.21. The molecule has 0 saturated carbocycles. The van der Waals surface area contributed by atoms with Gasteiger partial charge in [-0.1, -0.05) is 0 Å². The lowest BCUT2D eigenvalue weighted by Crippen LogP contribution is -2.23. The summed E-state index contributed by atoms with van der Waals surface area (Å²) in [6.07, 6.45) is 2.93. The number of esters is 1. The number of hydrogen-bond donors (Lipinski definition) is 1. The number of nitro benzene ring substituents is 2. The van der Waals surface area contributed by atoms with E-state index in [4.69, 9.17) is 9.57 Å². The van der Waals surface area contributed by atoms with E-state index in [1.807, 2.05) is 0 Å². The summed E-state index contributed by atoms with van der Waals surface area (Å²) in [6.45, 7) is 0. The molecule has 0 aromatic heterocycles. The second-order valence-corrected chi connectivity index (χ2v) is 5.26. The SMILES string of the molecule is O=C(Oc1ccc([N+](=O)[O-])cc1)C1=CC=C(c2ccc([N+](=O)[O-])cc2)NO1. The number of rotatable bonds is 5. The van der Waals surface area contributed by atoms with Gasteiger partial charge in [0.1, 0.15) is 5.75 Å². The maximum absolute atomic E-state index is 12.1. The number of ether oxygens (including phenoxy) is 1. The van der Waals surface area contributed by atoms with E-state index in [0.717, 1.165) is 0 Å². The van der Waals surface area contributed by atoms with Gasteiger partial charge in [-0.25, -0.2) is 10.3 Å². The number of non-ortho nitro benzene ring substituents is 2. The molecule has 0 atom stereocenters. The molecule has 0 aliphatic carbocycles. The largest absolute Gasteiger partial charge is 0.421 e. The van der Waals surface area contributed by atoms with Crippen molar-refractivity contribution in [2.75, 3.05) is 0 Å². The van der Waals surface area contributed by atoms with Crippen LogP contribution in [-0.2, 0) is 9.63 Å². The third kappa shape index (κ3) is 4.07. The number of allylic oxidation sites excluding steroid dienone is 2. The highest BCUT2D eigenvalue weighted by Crippen LogP contribution is 2.22. The van der Waals surface area contributed by atoms with Crippen LogP contribution in [-0.4, -0.2) is 15.8 Å². The van der Waals surface area contributed by atoms with Crippen LogP contribution in [0.2, 0.25) is 0 Å². The fraction of sp³-hybridized carbons (Fsp3) is 0. The summed E-state index contributed by atoms with van der Waals surface area (Å²) in [6, 6.07) is 10.8. The molecule has 0 fully saturated rings. The molecular weight excluding hydrogens is 358 g/mol. The molecule has 1 aliphatic rings. The molecule has 0 radical (unpaired) electrons. The third-order valence-electron chi connectivity index (χ3n) is 3.52. The number of carbonyl (C=O) groups excluding carboxylic acids is 1. The van der Waals surface area contributed by atoms with Crippen molar-refractivity contribution in [3.05, 3.63) is 92.2 Å². The maximum atomic E-state index is 12.1. The molecule has 2 aromatic carbocycles. The van der Waals surface area contributed by atoms with Crippen LogP contribution < -0.4 is 10.2 Å². The second-order valence-electron chi connectivity index (χ2n) is 5.26. The molecule has 10 nitrogen and oxygen atoms in total. The predicted molar refractivity (Wildman–Crippen MR) is 92.1 cm³/mol. The Balaban J connectivity index is 1.68. The van der Waals surface area contributed by atoms with Gasteiger partial charge in [0, 0.05) is 29.8 Å². The molecule has 0 amide bonds. The topological polar surface area (TPSA) is 134 Å². The second kappa shape index (κ2) is 7.35. The molecule has 10 heteroatoms. The monoisotopic (exact) mass is 369 g/mol. The molecule has 27 heavy (non-hydrogen) atoms. The van der Waals surface area contributed by atoms with Crippen molar-refractivity contribution in [1.29, 1.82) is 0 Å². The zero-order chi connectivity index (χ0) is 19.4. The predicted octanol–water partition coefficient (Wildman–Crippen LogP) is 2.87. The lowest BCUT2D eigenvalue weighted by molar-refractivity contribution is -0.385. The average molecular weight is 369 g/mol. The van der Waals surface area contributed by atoms with Crippen molar-refractivity contribution >= 4 is 23.0 Å². The van der Waals surface area contributed by atoms with Gasteiger partial charge in [0.15, 0.2) is 0 Å². The summed E-state index contributed by atoms with van der Waals surface area (Å²) < 4.78 is 5.07. The van der Waals surface area contributed by atoms with Gasteiger partial charge in [-0.15, -0.1) is 0 Å². The van der Waals surface area contributed by atoms with Crippen molar-refractivity contribution in [2.24, 2.45) is 0 Å². The number of nitrogens with zero attached hydrogens (tertiary/aromatic N) is 2. The normalized spacial score (nSPS) is 12.7. The Morgan fingerprint density at radius 3 is 1.93 bits per heavy atom. The van der Waals surface area contributed by atoms with E-state index in [1.165, 1.54) is 54.6 Å². The van der Waals surface area contributed by atoms with E-state index in [2.05, 4.69) is 5.48 Å². The van der Waals surface area contributed by atoms with Crippen molar-refractivity contribution in [2.45, 2.75) is 0 Å². The Labute approximate surface area is 151 Å². The highest BCUT2D eigenvalue weighted by Gasteiger charge is 2.19. The molecule has 1 aliphatic heterocycles. The number of hydrogen-bond acceptors (Lipinski definition) is 8. The zero-order valence-corrected chi connectivity index (χ0v) is 13.5. The van der Waals surface area contributed by atoms with Crippen LogP contribution in [0.1, 0.15) is 5.56 Å². The lowest BCUT2D eigenvalue weighted by Gasteiger charge is -2.17. The van der Waals surface area contributed by atoms with E-state index < -0.39 is 15.8 Å². The van der Waals surface area contributed by atoms with Crippen LogP contribution in [0.3, 0.4) is 0 Å². The van der Waals surface area contributed by atoms with E-state index in [9.17, 15) is 25.0 Å². The average Bonchev–Trinajstić information content (AvgIpc) is 2.68. The molecule has 3 rings (SSSR count). The van der Waals surface area contributed by atoms with Crippen molar-refractivity contribution in [3.8, 4) is 5.75 Å². The van der Waals surface area contributed by atoms with Crippen molar-refractivity contribution in [3.63, 3.8) is 0 Å². The van der Waals surface area contributed by atoms with E-state index in [0.29, 0.717) is 11.3 Å². The molecule has 1 N–H and O–H groups in total. The highest BCUT2D eigenvalue weighted by molar-refractivity contribution is 5.89. The Bertz CT molecular complexity index is 963. The molecular formula is C17H11N3O7. The fourth-order valence-corrected chi connectivity index (χ4v) is 2.16. The van der Waals surface area contributed by atoms with Gasteiger partial charge in [0.05, 0.1) is 15.5 Å². The Morgan fingerprint density at radius 1 is 0.889 bits per heavy atom. The summed E-state index contributed by atoms with van der Waals surface area (Å²) in [5, 5.41) is 21.3. The van der Waals surface area contributed by atoms with Crippen LogP contribution in [0, 0.1) is 20.2 Å².